The lowest BCUT2D eigenvalue weighted by Crippen LogP contribution is -2.22. The molecule has 0 aromatic heterocycles. The summed E-state index contributed by atoms with van der Waals surface area (Å²) in [5.74, 6) is 1.78. The fourth-order valence-corrected chi connectivity index (χ4v) is 2.18. The Morgan fingerprint density at radius 3 is 2.94 bits per heavy atom. The fourth-order valence-electron chi connectivity index (χ4n) is 2.18. The summed E-state index contributed by atoms with van der Waals surface area (Å²) < 4.78 is 11.3. The van der Waals surface area contributed by atoms with Crippen molar-refractivity contribution in [1.29, 1.82) is 0 Å². The van der Waals surface area contributed by atoms with Crippen molar-refractivity contribution in [3.8, 4) is 11.5 Å². The standard InChI is InChI=1S/C13H15NO2/c1-4-11(10-3-2-6-14-9-10)13-12(5-1)15-7-8-16-13/h1,3-5,14H,2,6-9H2. The maximum atomic E-state index is 5.71. The highest BCUT2D eigenvalue weighted by atomic mass is 16.6. The van der Waals surface area contributed by atoms with Crippen molar-refractivity contribution in [2.45, 2.75) is 6.42 Å². The molecule has 1 N–H and O–H groups in total. The van der Waals surface area contributed by atoms with Gasteiger partial charge in [0, 0.05) is 12.1 Å². The normalized spacial score (nSPS) is 19.1. The SMILES string of the molecule is C1=C(c2cccc3c2OCCO3)CNCC1. The van der Waals surface area contributed by atoms with Gasteiger partial charge < -0.3 is 14.8 Å². The Labute approximate surface area is 95.1 Å². The Hall–Kier alpha value is -1.48. The van der Waals surface area contributed by atoms with Crippen molar-refractivity contribution >= 4 is 5.57 Å². The smallest absolute Gasteiger partial charge is 0.168 e. The number of rotatable bonds is 1. The van der Waals surface area contributed by atoms with Gasteiger partial charge in [0.25, 0.3) is 0 Å². The quantitative estimate of drug-likeness (QED) is 0.778. The van der Waals surface area contributed by atoms with Crippen molar-refractivity contribution in [3.05, 3.63) is 29.8 Å². The minimum absolute atomic E-state index is 0.644. The zero-order chi connectivity index (χ0) is 10.8. The molecule has 0 radical (unpaired) electrons. The molecule has 0 saturated heterocycles. The van der Waals surface area contributed by atoms with E-state index in [-0.39, 0.29) is 0 Å². The van der Waals surface area contributed by atoms with Crippen LogP contribution in [0, 0.1) is 0 Å². The van der Waals surface area contributed by atoms with Crippen molar-refractivity contribution in [1.82, 2.24) is 5.32 Å². The van der Waals surface area contributed by atoms with Crippen LogP contribution in [-0.4, -0.2) is 26.3 Å². The summed E-state index contributed by atoms with van der Waals surface area (Å²) in [5, 5.41) is 3.38. The molecule has 1 aromatic carbocycles. The van der Waals surface area contributed by atoms with E-state index in [1.807, 2.05) is 12.1 Å². The highest BCUT2D eigenvalue weighted by Crippen LogP contribution is 2.37. The third-order valence-corrected chi connectivity index (χ3v) is 2.94. The molecule has 3 rings (SSSR count). The predicted molar refractivity (Wildman–Crippen MR) is 62.9 cm³/mol. The molecule has 0 bridgehead atoms. The van der Waals surface area contributed by atoms with Gasteiger partial charge in [-0.15, -0.1) is 0 Å². The van der Waals surface area contributed by atoms with Crippen LogP contribution >= 0.6 is 0 Å². The maximum Gasteiger partial charge on any atom is 0.168 e. The first kappa shape index (κ1) is 9.73. The second-order valence-corrected chi connectivity index (χ2v) is 4.02. The molecule has 0 fully saturated rings. The van der Waals surface area contributed by atoms with Gasteiger partial charge in [-0.05, 0) is 24.6 Å². The fraction of sp³-hybridized carbons (Fsp3) is 0.385. The van der Waals surface area contributed by atoms with Crippen LogP contribution < -0.4 is 14.8 Å². The van der Waals surface area contributed by atoms with Crippen LogP contribution in [0.3, 0.4) is 0 Å². The highest BCUT2D eigenvalue weighted by molar-refractivity contribution is 5.74. The molecular formula is C13H15NO2. The molecule has 3 nitrogen and oxygen atoms in total. The van der Waals surface area contributed by atoms with Crippen LogP contribution in [0.1, 0.15) is 12.0 Å². The van der Waals surface area contributed by atoms with E-state index in [1.165, 1.54) is 11.1 Å². The van der Waals surface area contributed by atoms with Crippen LogP contribution in [-0.2, 0) is 0 Å². The van der Waals surface area contributed by atoms with Crippen molar-refractivity contribution < 1.29 is 9.47 Å². The molecule has 0 spiro atoms. The lowest BCUT2D eigenvalue weighted by atomic mass is 10.0. The molecule has 0 saturated carbocycles. The minimum atomic E-state index is 0.644. The summed E-state index contributed by atoms with van der Waals surface area (Å²) in [7, 11) is 0. The molecule has 0 atom stereocenters. The van der Waals surface area contributed by atoms with Gasteiger partial charge >= 0.3 is 0 Å². The molecule has 0 aliphatic carbocycles. The second-order valence-electron chi connectivity index (χ2n) is 4.02. The van der Waals surface area contributed by atoms with Crippen LogP contribution in [0.2, 0.25) is 0 Å². The average molecular weight is 217 g/mol. The van der Waals surface area contributed by atoms with E-state index in [2.05, 4.69) is 17.5 Å². The molecule has 3 heteroatoms. The molecule has 2 heterocycles. The maximum absolute atomic E-state index is 5.71. The Balaban J connectivity index is 2.03. The highest BCUT2D eigenvalue weighted by Gasteiger charge is 2.18. The average Bonchev–Trinajstić information content (AvgIpc) is 2.39. The lowest BCUT2D eigenvalue weighted by molar-refractivity contribution is 0.171. The molecule has 0 unspecified atom stereocenters. The van der Waals surface area contributed by atoms with Crippen molar-refractivity contribution in [2.24, 2.45) is 0 Å². The zero-order valence-corrected chi connectivity index (χ0v) is 9.16. The topological polar surface area (TPSA) is 30.5 Å². The van der Waals surface area contributed by atoms with E-state index in [0.29, 0.717) is 13.2 Å². The van der Waals surface area contributed by atoms with Gasteiger partial charge in [-0.3, -0.25) is 0 Å². The van der Waals surface area contributed by atoms with Gasteiger partial charge in [0.05, 0.1) is 0 Å². The molecular weight excluding hydrogens is 202 g/mol. The van der Waals surface area contributed by atoms with Crippen LogP contribution in [0.15, 0.2) is 24.3 Å². The Morgan fingerprint density at radius 1 is 1.12 bits per heavy atom. The number of fused-ring (bicyclic) bond motifs is 1. The van der Waals surface area contributed by atoms with Gasteiger partial charge in [-0.1, -0.05) is 18.2 Å². The Morgan fingerprint density at radius 2 is 2.06 bits per heavy atom. The summed E-state index contributed by atoms with van der Waals surface area (Å²) in [6.45, 7) is 3.27. The summed E-state index contributed by atoms with van der Waals surface area (Å²) in [6.07, 6.45) is 3.37. The summed E-state index contributed by atoms with van der Waals surface area (Å²) in [5.41, 5.74) is 2.48. The van der Waals surface area contributed by atoms with Crippen molar-refractivity contribution in [3.63, 3.8) is 0 Å². The first-order valence-electron chi connectivity index (χ1n) is 5.74. The Kier molecular flexibility index (Phi) is 2.54. The molecule has 16 heavy (non-hydrogen) atoms. The van der Waals surface area contributed by atoms with E-state index in [1.54, 1.807) is 0 Å². The largest absolute Gasteiger partial charge is 0.486 e. The van der Waals surface area contributed by atoms with Gasteiger partial charge in [0.15, 0.2) is 11.5 Å². The van der Waals surface area contributed by atoms with E-state index in [4.69, 9.17) is 9.47 Å². The minimum Gasteiger partial charge on any atom is -0.486 e. The Bertz CT molecular complexity index is 426. The number of ether oxygens (including phenoxy) is 2. The molecule has 1 aromatic rings. The van der Waals surface area contributed by atoms with Gasteiger partial charge in [0.2, 0.25) is 0 Å². The van der Waals surface area contributed by atoms with E-state index in [9.17, 15) is 0 Å². The number of hydrogen-bond donors (Lipinski definition) is 1. The first-order valence-corrected chi connectivity index (χ1v) is 5.74. The lowest BCUT2D eigenvalue weighted by Gasteiger charge is -2.23. The number of para-hydroxylation sites is 1. The number of nitrogens with one attached hydrogen (secondary N) is 1. The molecule has 84 valence electrons. The van der Waals surface area contributed by atoms with Gasteiger partial charge in [0.1, 0.15) is 13.2 Å². The van der Waals surface area contributed by atoms with Crippen LogP contribution in [0.25, 0.3) is 5.57 Å². The third-order valence-electron chi connectivity index (χ3n) is 2.94. The number of hydrogen-bond acceptors (Lipinski definition) is 3. The molecule has 2 aliphatic heterocycles. The molecule has 2 aliphatic rings. The predicted octanol–water partition coefficient (Wildman–Crippen LogP) is 1.83. The summed E-state index contributed by atoms with van der Waals surface area (Å²) in [4.78, 5) is 0. The summed E-state index contributed by atoms with van der Waals surface area (Å²) >= 11 is 0. The zero-order valence-electron chi connectivity index (χ0n) is 9.16. The van der Waals surface area contributed by atoms with Crippen LogP contribution in [0.4, 0.5) is 0 Å². The van der Waals surface area contributed by atoms with Crippen molar-refractivity contribution in [2.75, 3.05) is 26.3 Å². The van der Waals surface area contributed by atoms with Gasteiger partial charge in [-0.25, -0.2) is 0 Å². The van der Waals surface area contributed by atoms with Crippen LogP contribution in [0.5, 0.6) is 11.5 Å². The number of benzene rings is 1. The summed E-state index contributed by atoms with van der Waals surface area (Å²) in [6, 6.07) is 6.10. The third kappa shape index (κ3) is 1.67. The monoisotopic (exact) mass is 217 g/mol. The van der Waals surface area contributed by atoms with Gasteiger partial charge in [-0.2, -0.15) is 0 Å². The molecule has 0 amide bonds. The first-order chi connectivity index (χ1) is 7.95. The van der Waals surface area contributed by atoms with E-state index in [0.717, 1.165) is 31.0 Å². The van der Waals surface area contributed by atoms with E-state index < -0.39 is 0 Å². The second kappa shape index (κ2) is 4.18. The van der Waals surface area contributed by atoms with E-state index >= 15 is 0 Å².